The first-order valence-electron chi connectivity index (χ1n) is 8.09. The third-order valence-electron chi connectivity index (χ3n) is 4.12. The second kappa shape index (κ2) is 8.96. The van der Waals surface area contributed by atoms with E-state index in [9.17, 15) is 33.4 Å². The van der Waals surface area contributed by atoms with Gasteiger partial charge in [0, 0.05) is 17.6 Å². The smallest absolute Gasteiger partial charge is 0.288 e. The Labute approximate surface area is 160 Å². The van der Waals surface area contributed by atoms with E-state index < -0.39 is 46.5 Å². The molecule has 1 heterocycles. The van der Waals surface area contributed by atoms with Crippen molar-refractivity contribution in [2.24, 2.45) is 0 Å². The molecule has 1 aromatic heterocycles. The van der Waals surface area contributed by atoms with Gasteiger partial charge in [0.15, 0.2) is 5.37 Å². The average molecular weight is 418 g/mol. The fourth-order valence-electron chi connectivity index (χ4n) is 2.60. The van der Waals surface area contributed by atoms with Gasteiger partial charge in [-0.15, -0.1) is 0 Å². The number of aromatic nitrogens is 1. The minimum absolute atomic E-state index is 0.0565. The standard InChI is InChI=1S/C16H22N2O9S/c1-27-9-5-8-3-2-4-17-12(8)10(6-9)18-16(28(24,25)26)15(23)14(22)13(21)11(20)7-19/h2-6,11,13-16,18-23H,7H2,1H3,(H,24,25,26)/t11-,13-,14+,15-,16+/m1/s1. The highest BCUT2D eigenvalue weighted by Gasteiger charge is 2.40. The van der Waals surface area contributed by atoms with E-state index in [-0.39, 0.29) is 11.2 Å². The van der Waals surface area contributed by atoms with Gasteiger partial charge >= 0.3 is 0 Å². The summed E-state index contributed by atoms with van der Waals surface area (Å²) in [5, 5.41) is 48.9. The van der Waals surface area contributed by atoms with Gasteiger partial charge in [0.2, 0.25) is 0 Å². The maximum atomic E-state index is 11.8. The van der Waals surface area contributed by atoms with Crippen molar-refractivity contribution in [3.8, 4) is 5.75 Å². The SMILES string of the molecule is COc1cc(N[C@H]([C@H](O)[C@@H](O)[C@H](O)[C@H](O)CO)S(=O)(=O)O)c2ncccc2c1. The number of aliphatic hydroxyl groups is 5. The highest BCUT2D eigenvalue weighted by molar-refractivity contribution is 7.86. The molecule has 28 heavy (non-hydrogen) atoms. The van der Waals surface area contributed by atoms with Crippen molar-refractivity contribution in [3.05, 3.63) is 30.5 Å². The molecule has 2 aromatic rings. The van der Waals surface area contributed by atoms with E-state index in [1.54, 1.807) is 18.2 Å². The van der Waals surface area contributed by atoms with Crippen LogP contribution in [0.5, 0.6) is 5.75 Å². The van der Waals surface area contributed by atoms with E-state index in [2.05, 4.69) is 10.3 Å². The second-order valence-corrected chi connectivity index (χ2v) is 7.59. The van der Waals surface area contributed by atoms with Crippen molar-refractivity contribution in [1.82, 2.24) is 4.98 Å². The van der Waals surface area contributed by atoms with Crippen LogP contribution in [0.4, 0.5) is 5.69 Å². The maximum absolute atomic E-state index is 11.8. The van der Waals surface area contributed by atoms with Crippen LogP contribution < -0.4 is 10.1 Å². The molecule has 156 valence electrons. The normalized spacial score (nSPS) is 17.5. The zero-order valence-electron chi connectivity index (χ0n) is 14.7. The summed E-state index contributed by atoms with van der Waals surface area (Å²) in [4.78, 5) is 4.11. The molecule has 0 spiro atoms. The van der Waals surface area contributed by atoms with E-state index in [0.29, 0.717) is 11.1 Å². The van der Waals surface area contributed by atoms with Crippen LogP contribution in [0.2, 0.25) is 0 Å². The zero-order chi connectivity index (χ0) is 21.1. The number of ether oxygens (including phenoxy) is 1. The quantitative estimate of drug-likeness (QED) is 0.230. The number of nitrogens with zero attached hydrogens (tertiary/aromatic N) is 1. The number of anilines is 1. The molecule has 0 radical (unpaired) electrons. The number of aliphatic hydroxyl groups excluding tert-OH is 5. The molecule has 0 unspecified atom stereocenters. The van der Waals surface area contributed by atoms with Crippen LogP contribution in [0.25, 0.3) is 10.9 Å². The molecule has 0 aliphatic rings. The van der Waals surface area contributed by atoms with Crippen molar-refractivity contribution in [2.75, 3.05) is 19.0 Å². The van der Waals surface area contributed by atoms with Crippen LogP contribution in [0.3, 0.4) is 0 Å². The van der Waals surface area contributed by atoms with E-state index in [4.69, 9.17) is 9.84 Å². The topological polar surface area (TPSA) is 190 Å². The molecule has 0 saturated carbocycles. The van der Waals surface area contributed by atoms with Gasteiger partial charge in [-0.25, -0.2) is 0 Å². The molecule has 2 rings (SSSR count). The third-order valence-corrected chi connectivity index (χ3v) is 5.16. The van der Waals surface area contributed by atoms with Crippen LogP contribution in [-0.4, -0.2) is 87.0 Å². The minimum Gasteiger partial charge on any atom is -0.497 e. The fraction of sp³-hybridized carbons (Fsp3) is 0.438. The molecular formula is C16H22N2O9S. The number of hydrogen-bond donors (Lipinski definition) is 7. The molecule has 0 fully saturated rings. The van der Waals surface area contributed by atoms with Crippen LogP contribution in [-0.2, 0) is 10.1 Å². The predicted octanol–water partition coefficient (Wildman–Crippen LogP) is -1.69. The van der Waals surface area contributed by atoms with Crippen molar-refractivity contribution < 1.29 is 43.2 Å². The summed E-state index contributed by atoms with van der Waals surface area (Å²) in [6.45, 7) is -0.945. The summed E-state index contributed by atoms with van der Waals surface area (Å²) in [7, 11) is -3.62. The van der Waals surface area contributed by atoms with Gasteiger partial charge in [0.1, 0.15) is 30.2 Å². The van der Waals surface area contributed by atoms with Crippen molar-refractivity contribution in [3.63, 3.8) is 0 Å². The Morgan fingerprint density at radius 2 is 1.82 bits per heavy atom. The summed E-state index contributed by atoms with van der Waals surface area (Å²) in [6, 6.07) is 6.30. The number of benzene rings is 1. The molecule has 1 aromatic carbocycles. The van der Waals surface area contributed by atoms with Crippen molar-refractivity contribution in [1.29, 1.82) is 0 Å². The van der Waals surface area contributed by atoms with Crippen molar-refractivity contribution >= 4 is 26.7 Å². The first-order chi connectivity index (χ1) is 13.1. The Hall–Kier alpha value is -2.06. The highest BCUT2D eigenvalue weighted by Crippen LogP contribution is 2.29. The van der Waals surface area contributed by atoms with Crippen LogP contribution >= 0.6 is 0 Å². The zero-order valence-corrected chi connectivity index (χ0v) is 15.6. The van der Waals surface area contributed by atoms with E-state index in [1.165, 1.54) is 19.4 Å². The van der Waals surface area contributed by atoms with Gasteiger partial charge in [-0.2, -0.15) is 8.42 Å². The number of nitrogens with one attached hydrogen (secondary N) is 1. The van der Waals surface area contributed by atoms with Gasteiger partial charge in [-0.05, 0) is 12.1 Å². The number of hydrogen-bond acceptors (Lipinski definition) is 10. The second-order valence-electron chi connectivity index (χ2n) is 6.05. The molecule has 11 nitrogen and oxygen atoms in total. The Bertz CT molecular complexity index is 908. The Morgan fingerprint density at radius 3 is 2.39 bits per heavy atom. The number of rotatable bonds is 9. The van der Waals surface area contributed by atoms with E-state index in [1.807, 2.05) is 0 Å². The van der Waals surface area contributed by atoms with Crippen LogP contribution in [0.15, 0.2) is 30.5 Å². The molecule has 0 aliphatic carbocycles. The predicted molar refractivity (Wildman–Crippen MR) is 98.4 cm³/mol. The molecule has 0 bridgehead atoms. The fourth-order valence-corrected chi connectivity index (χ4v) is 3.39. The van der Waals surface area contributed by atoms with Crippen molar-refractivity contribution in [2.45, 2.75) is 29.8 Å². The molecule has 12 heteroatoms. The maximum Gasteiger partial charge on any atom is 0.288 e. The largest absolute Gasteiger partial charge is 0.497 e. The lowest BCUT2D eigenvalue weighted by atomic mass is 10.0. The molecule has 5 atom stereocenters. The molecule has 0 aliphatic heterocycles. The van der Waals surface area contributed by atoms with Gasteiger partial charge in [0.05, 0.1) is 24.9 Å². The number of pyridine rings is 1. The lowest BCUT2D eigenvalue weighted by Crippen LogP contribution is -2.54. The molecule has 7 N–H and O–H groups in total. The summed E-state index contributed by atoms with van der Waals surface area (Å²) < 4.78 is 38.3. The summed E-state index contributed by atoms with van der Waals surface area (Å²) in [6.07, 6.45) is -6.98. The highest BCUT2D eigenvalue weighted by atomic mass is 32.2. The van der Waals surface area contributed by atoms with Crippen LogP contribution in [0, 0.1) is 0 Å². The number of fused-ring (bicyclic) bond motifs is 1. The first-order valence-corrected chi connectivity index (χ1v) is 9.59. The van der Waals surface area contributed by atoms with Gasteiger partial charge < -0.3 is 35.6 Å². The average Bonchev–Trinajstić information content (AvgIpc) is 2.68. The van der Waals surface area contributed by atoms with Gasteiger partial charge in [0.25, 0.3) is 10.1 Å². The Morgan fingerprint density at radius 1 is 1.14 bits per heavy atom. The van der Waals surface area contributed by atoms with Gasteiger partial charge in [-0.1, -0.05) is 6.07 Å². The molecule has 0 saturated heterocycles. The molecular weight excluding hydrogens is 396 g/mol. The number of methoxy groups -OCH3 is 1. The minimum atomic E-state index is -5.01. The molecule has 0 amide bonds. The van der Waals surface area contributed by atoms with Crippen LogP contribution in [0.1, 0.15) is 0 Å². The van der Waals surface area contributed by atoms with E-state index in [0.717, 1.165) is 0 Å². The monoisotopic (exact) mass is 418 g/mol. The Balaban J connectivity index is 2.45. The summed E-state index contributed by atoms with van der Waals surface area (Å²) in [5.41, 5.74) is 0.343. The summed E-state index contributed by atoms with van der Waals surface area (Å²) >= 11 is 0. The summed E-state index contributed by atoms with van der Waals surface area (Å²) in [5.74, 6) is 0.322. The van der Waals surface area contributed by atoms with E-state index >= 15 is 0 Å². The third kappa shape index (κ3) is 4.86. The van der Waals surface area contributed by atoms with Gasteiger partial charge in [-0.3, -0.25) is 9.54 Å². The first kappa shape index (κ1) is 22.2. The lowest BCUT2D eigenvalue weighted by molar-refractivity contribution is -0.114. The lowest BCUT2D eigenvalue weighted by Gasteiger charge is -2.30. The Kier molecular flexibility index (Phi) is 7.11.